The molecule has 218 valence electrons. The van der Waals surface area contributed by atoms with Gasteiger partial charge in [-0.2, -0.15) is 5.26 Å². The second-order valence-electron chi connectivity index (χ2n) is 9.33. The highest BCUT2D eigenvalue weighted by Gasteiger charge is 2.16. The lowest BCUT2D eigenvalue weighted by molar-refractivity contribution is 0.246. The Kier molecular flexibility index (Phi) is 11.4. The molecule has 13 heteroatoms. The first-order chi connectivity index (χ1) is 19.5. The van der Waals surface area contributed by atoms with Crippen LogP contribution in [0.15, 0.2) is 82.6 Å². The van der Waals surface area contributed by atoms with E-state index in [9.17, 15) is 21.6 Å². The predicted octanol–water partition coefficient (Wildman–Crippen LogP) is 2.56. The number of hydrogen-bond acceptors (Lipinski definition) is 7. The zero-order chi connectivity index (χ0) is 29.9. The molecule has 4 N–H and O–H groups in total. The topological polar surface area (TPSA) is 160 Å². The molecule has 0 saturated carbocycles. The van der Waals surface area contributed by atoms with Crippen LogP contribution in [-0.4, -0.2) is 67.0 Å². The Hall–Kier alpha value is -3.80. The van der Waals surface area contributed by atoms with Crippen molar-refractivity contribution in [2.24, 2.45) is 0 Å². The van der Waals surface area contributed by atoms with Crippen LogP contribution >= 0.6 is 0 Å². The summed E-state index contributed by atoms with van der Waals surface area (Å²) in [6, 6.07) is 21.0. The molecule has 0 aliphatic heterocycles. The van der Waals surface area contributed by atoms with Gasteiger partial charge in [-0.25, -0.2) is 31.1 Å². The largest absolute Gasteiger partial charge is 0.337 e. The molecule has 0 aliphatic rings. The minimum Gasteiger partial charge on any atom is -0.337 e. The maximum atomic E-state index is 12.7. The van der Waals surface area contributed by atoms with Crippen LogP contribution in [0.25, 0.3) is 0 Å². The number of amides is 2. The Morgan fingerprint density at radius 3 is 1.59 bits per heavy atom. The number of nitrogens with zero attached hydrogens (tertiary/aromatic N) is 2. The molecule has 0 unspecified atom stereocenters. The number of hydrogen-bond donors (Lipinski definition) is 4. The highest BCUT2D eigenvalue weighted by atomic mass is 32.2. The van der Waals surface area contributed by atoms with Gasteiger partial charge in [0.2, 0.25) is 20.0 Å². The Labute approximate surface area is 241 Å². The van der Waals surface area contributed by atoms with Gasteiger partial charge in [0.25, 0.3) is 0 Å². The number of nitrogens with one attached hydrogen (secondary N) is 4. The van der Waals surface area contributed by atoms with Gasteiger partial charge < -0.3 is 10.6 Å². The minimum atomic E-state index is -3.72. The fourth-order valence-electron chi connectivity index (χ4n) is 3.74. The van der Waals surface area contributed by atoms with Crippen molar-refractivity contribution in [3.8, 4) is 6.07 Å². The summed E-state index contributed by atoms with van der Waals surface area (Å²) in [5.41, 5.74) is 2.88. The van der Waals surface area contributed by atoms with Crippen molar-refractivity contribution >= 4 is 31.8 Å². The summed E-state index contributed by atoms with van der Waals surface area (Å²) >= 11 is 0. The van der Waals surface area contributed by atoms with Crippen molar-refractivity contribution in [3.05, 3.63) is 89.5 Å². The number of rotatable bonds is 14. The van der Waals surface area contributed by atoms with Gasteiger partial charge in [-0.15, -0.1) is 0 Å². The lowest BCUT2D eigenvalue weighted by atomic mass is 10.2. The predicted molar refractivity (Wildman–Crippen MR) is 157 cm³/mol. The van der Waals surface area contributed by atoms with Gasteiger partial charge in [-0.05, 0) is 62.4 Å². The molecular formula is C28H34N6O5S2. The van der Waals surface area contributed by atoms with E-state index < -0.39 is 26.1 Å². The van der Waals surface area contributed by atoms with Crippen LogP contribution in [0.1, 0.15) is 16.7 Å². The van der Waals surface area contributed by atoms with Crippen LogP contribution in [0.2, 0.25) is 0 Å². The van der Waals surface area contributed by atoms with Gasteiger partial charge >= 0.3 is 6.03 Å². The Morgan fingerprint density at radius 1 is 0.707 bits per heavy atom. The number of aryl methyl sites for hydroxylation is 2. The molecular weight excluding hydrogens is 564 g/mol. The molecule has 3 rings (SSSR count). The van der Waals surface area contributed by atoms with Gasteiger partial charge in [0.05, 0.1) is 21.4 Å². The number of carbonyl (C=O) groups excluding carboxylic acids is 1. The fourth-order valence-corrected chi connectivity index (χ4v) is 5.79. The third kappa shape index (κ3) is 10.3. The fraction of sp³-hybridized carbons (Fsp3) is 0.286. The molecule has 0 aliphatic carbocycles. The number of benzene rings is 3. The molecule has 0 atom stereocenters. The van der Waals surface area contributed by atoms with E-state index in [0.717, 1.165) is 11.1 Å². The summed E-state index contributed by atoms with van der Waals surface area (Å²) in [5, 5.41) is 14.3. The molecule has 0 heterocycles. The lowest BCUT2D eigenvalue weighted by Crippen LogP contribution is -2.43. The van der Waals surface area contributed by atoms with E-state index in [1.165, 1.54) is 24.3 Å². The number of urea groups is 1. The third-order valence-electron chi connectivity index (χ3n) is 6.09. The van der Waals surface area contributed by atoms with E-state index in [0.29, 0.717) is 17.8 Å². The number of carbonyl (C=O) groups is 1. The summed E-state index contributed by atoms with van der Waals surface area (Å²) in [6.07, 6.45) is 0. The van der Waals surface area contributed by atoms with E-state index in [-0.39, 0.29) is 42.5 Å². The summed E-state index contributed by atoms with van der Waals surface area (Å²) < 4.78 is 55.8. The van der Waals surface area contributed by atoms with Gasteiger partial charge in [0.15, 0.2) is 0 Å². The molecule has 0 aromatic heterocycles. The zero-order valence-electron chi connectivity index (χ0n) is 22.9. The second-order valence-corrected chi connectivity index (χ2v) is 12.9. The first kappa shape index (κ1) is 31.7. The van der Waals surface area contributed by atoms with Crippen molar-refractivity contribution in [2.45, 2.75) is 23.6 Å². The Bertz CT molecular complexity index is 1470. The minimum absolute atomic E-state index is 0.0817. The van der Waals surface area contributed by atoms with Crippen LogP contribution < -0.4 is 20.1 Å². The van der Waals surface area contributed by atoms with Crippen LogP contribution in [0.4, 0.5) is 10.5 Å². The van der Waals surface area contributed by atoms with Crippen LogP contribution in [0, 0.1) is 25.2 Å². The van der Waals surface area contributed by atoms with Crippen LogP contribution in [-0.2, 0) is 20.0 Å². The van der Waals surface area contributed by atoms with E-state index >= 15 is 0 Å². The van der Waals surface area contributed by atoms with Gasteiger partial charge in [0, 0.05) is 45.0 Å². The molecule has 3 aromatic carbocycles. The molecule has 3 aromatic rings. The second kappa shape index (κ2) is 14.7. The Balaban J connectivity index is 1.56. The smallest absolute Gasteiger partial charge is 0.319 e. The van der Waals surface area contributed by atoms with Crippen LogP contribution in [0.3, 0.4) is 0 Å². The molecule has 11 nitrogen and oxygen atoms in total. The van der Waals surface area contributed by atoms with E-state index in [1.807, 2.05) is 24.8 Å². The molecule has 0 saturated heterocycles. The van der Waals surface area contributed by atoms with Gasteiger partial charge in [-0.1, -0.05) is 35.4 Å². The zero-order valence-corrected chi connectivity index (χ0v) is 24.6. The summed E-state index contributed by atoms with van der Waals surface area (Å²) in [7, 11) is -7.44. The molecule has 2 amide bonds. The maximum Gasteiger partial charge on any atom is 0.319 e. The number of anilines is 1. The summed E-state index contributed by atoms with van der Waals surface area (Å²) in [4.78, 5) is 14.5. The van der Waals surface area contributed by atoms with E-state index in [4.69, 9.17) is 5.26 Å². The molecule has 0 spiro atoms. The molecule has 0 bridgehead atoms. The summed E-state index contributed by atoms with van der Waals surface area (Å²) in [5.74, 6) is 0. The van der Waals surface area contributed by atoms with Crippen molar-refractivity contribution in [1.29, 1.82) is 5.26 Å². The third-order valence-corrected chi connectivity index (χ3v) is 9.04. The van der Waals surface area contributed by atoms with Gasteiger partial charge in [-0.3, -0.25) is 4.90 Å². The highest BCUT2D eigenvalue weighted by Crippen LogP contribution is 2.11. The van der Waals surface area contributed by atoms with Crippen molar-refractivity contribution in [1.82, 2.24) is 19.7 Å². The van der Waals surface area contributed by atoms with Crippen molar-refractivity contribution in [2.75, 3.05) is 44.6 Å². The molecule has 0 radical (unpaired) electrons. The SMILES string of the molecule is Cc1ccc(S(=O)(=O)NCCN(CCNC(=O)Nc2ccc(C#N)cc2)CCNS(=O)(=O)c2ccc(C)cc2)cc1. The monoisotopic (exact) mass is 598 g/mol. The first-order valence-corrected chi connectivity index (χ1v) is 15.9. The Morgan fingerprint density at radius 2 is 1.15 bits per heavy atom. The standard InChI is InChI=1S/C28H34N6O5S2/c1-22-3-11-26(12-4-22)40(36,37)31-16-19-34(20-17-32-41(38,39)27-13-5-23(2)6-14-27)18-15-30-28(35)33-25-9-7-24(21-29)8-10-25/h3-14,31-32H,15-20H2,1-2H3,(H2,30,33,35). The van der Waals surface area contributed by atoms with E-state index in [2.05, 4.69) is 20.1 Å². The molecule has 41 heavy (non-hydrogen) atoms. The molecule has 0 fully saturated rings. The van der Waals surface area contributed by atoms with Crippen LogP contribution in [0.5, 0.6) is 0 Å². The lowest BCUT2D eigenvalue weighted by Gasteiger charge is -2.23. The maximum absolute atomic E-state index is 12.7. The highest BCUT2D eigenvalue weighted by molar-refractivity contribution is 7.89. The van der Waals surface area contributed by atoms with Gasteiger partial charge in [0.1, 0.15) is 0 Å². The first-order valence-electron chi connectivity index (χ1n) is 12.9. The number of sulfonamides is 2. The average Bonchev–Trinajstić information content (AvgIpc) is 2.93. The quantitative estimate of drug-likeness (QED) is 0.222. The number of nitriles is 1. The van der Waals surface area contributed by atoms with Crippen molar-refractivity contribution in [3.63, 3.8) is 0 Å². The van der Waals surface area contributed by atoms with E-state index in [1.54, 1.807) is 48.5 Å². The summed E-state index contributed by atoms with van der Waals surface area (Å²) in [6.45, 7) is 5.00. The normalized spacial score (nSPS) is 11.7. The van der Waals surface area contributed by atoms with Crippen molar-refractivity contribution < 1.29 is 21.6 Å². The average molecular weight is 599 g/mol.